The van der Waals surface area contributed by atoms with Crippen LogP contribution in [0.3, 0.4) is 0 Å². The van der Waals surface area contributed by atoms with Crippen molar-refractivity contribution in [3.63, 3.8) is 0 Å². The quantitative estimate of drug-likeness (QED) is 0.805. The van der Waals surface area contributed by atoms with Crippen LogP contribution in [0.1, 0.15) is 16.7 Å². The first-order chi connectivity index (χ1) is 11.1. The number of rotatable bonds is 5. The lowest BCUT2D eigenvalue weighted by Crippen LogP contribution is -2.02. The molecule has 0 saturated heterocycles. The number of nitriles is 2. The molecule has 0 bridgehead atoms. The fourth-order valence-corrected chi connectivity index (χ4v) is 3.55. The third-order valence-electron chi connectivity index (χ3n) is 2.83. The summed E-state index contributed by atoms with van der Waals surface area (Å²) in [4.78, 5) is 8.74. The molecule has 2 heterocycles. The molecular weight excluding hydrogens is 354 g/mol. The average Bonchev–Trinajstić information content (AvgIpc) is 2.59. The van der Waals surface area contributed by atoms with Gasteiger partial charge >= 0.3 is 0 Å². The predicted molar refractivity (Wildman–Crippen MR) is 90.1 cm³/mol. The molecule has 23 heavy (non-hydrogen) atoms. The third-order valence-corrected chi connectivity index (χ3v) is 4.85. The minimum absolute atomic E-state index is 0.127. The fourth-order valence-electron chi connectivity index (χ4n) is 1.77. The number of halogens is 1. The summed E-state index contributed by atoms with van der Waals surface area (Å²) in [6.07, 6.45) is 3.42. The number of thioether (sulfide) groups is 2. The first-order valence-electron chi connectivity index (χ1n) is 6.18. The van der Waals surface area contributed by atoms with Gasteiger partial charge in [-0.25, -0.2) is 9.97 Å². The second-order valence-corrected chi connectivity index (χ2v) is 6.11. The first kappa shape index (κ1) is 17.2. The zero-order valence-corrected chi connectivity index (χ0v) is 14.3. The van der Waals surface area contributed by atoms with Crippen LogP contribution in [0.2, 0.25) is 0 Å². The zero-order valence-electron chi connectivity index (χ0n) is 11.9. The smallest absolute Gasteiger partial charge is 0.236 e. The molecule has 9 heteroatoms. The topological polar surface area (TPSA) is 109 Å². The summed E-state index contributed by atoms with van der Waals surface area (Å²) in [6, 6.07) is 7.56. The van der Waals surface area contributed by atoms with Gasteiger partial charge in [-0.05, 0) is 11.8 Å². The molecule has 0 aliphatic heterocycles. The van der Waals surface area contributed by atoms with Crippen molar-refractivity contribution >= 4 is 41.2 Å². The van der Waals surface area contributed by atoms with Gasteiger partial charge in [-0.2, -0.15) is 10.5 Å². The van der Waals surface area contributed by atoms with Crippen molar-refractivity contribution < 1.29 is 4.29 Å². The van der Waals surface area contributed by atoms with Gasteiger partial charge in [0.1, 0.15) is 40.4 Å². The molecule has 2 aromatic heterocycles. The third kappa shape index (κ3) is 3.80. The number of nitrogen functional groups attached to an aromatic ring is 1. The maximum atomic E-state index is 9.40. The molecule has 0 aromatic carbocycles. The Bertz CT molecular complexity index is 799. The maximum absolute atomic E-state index is 9.40. The van der Waals surface area contributed by atoms with Crippen LogP contribution in [0, 0.1) is 22.7 Å². The van der Waals surface area contributed by atoms with Gasteiger partial charge in [0.2, 0.25) is 5.88 Å². The largest absolute Gasteiger partial charge is 0.383 e. The highest BCUT2D eigenvalue weighted by atomic mass is 35.5. The zero-order chi connectivity index (χ0) is 16.8. The fraction of sp³-hybridized carbons (Fsp3) is 0.143. The number of aromatic nitrogens is 2. The highest BCUT2D eigenvalue weighted by molar-refractivity contribution is 7.99. The molecule has 116 valence electrons. The van der Waals surface area contributed by atoms with Gasteiger partial charge in [-0.3, -0.25) is 0 Å². The Labute approximate surface area is 146 Å². The maximum Gasteiger partial charge on any atom is 0.236 e. The monoisotopic (exact) mass is 363 g/mol. The molecule has 0 radical (unpaired) electrons. The Morgan fingerprint density at radius 3 is 2.57 bits per heavy atom. The van der Waals surface area contributed by atoms with E-state index < -0.39 is 0 Å². The lowest BCUT2D eigenvalue weighted by atomic mass is 10.2. The van der Waals surface area contributed by atoms with Gasteiger partial charge in [0.25, 0.3) is 0 Å². The van der Waals surface area contributed by atoms with Crippen molar-refractivity contribution in [2.75, 3.05) is 12.0 Å². The molecule has 2 aromatic rings. The van der Waals surface area contributed by atoms with E-state index >= 15 is 0 Å². The average molecular weight is 364 g/mol. The van der Waals surface area contributed by atoms with E-state index in [4.69, 9.17) is 22.9 Å². The van der Waals surface area contributed by atoms with E-state index in [0.29, 0.717) is 27.1 Å². The van der Waals surface area contributed by atoms with Crippen LogP contribution < -0.4 is 10.0 Å². The number of nitrogens with zero attached hydrogens (tertiary/aromatic N) is 4. The number of anilines is 1. The number of pyridine rings is 2. The lowest BCUT2D eigenvalue weighted by Gasteiger charge is -2.10. The summed E-state index contributed by atoms with van der Waals surface area (Å²) in [7, 11) is 0. The molecule has 0 aliphatic rings. The summed E-state index contributed by atoms with van der Waals surface area (Å²) < 4.78 is 4.49. The minimum atomic E-state index is 0.127. The summed E-state index contributed by atoms with van der Waals surface area (Å²) in [5.41, 5.74) is 7.34. The molecule has 0 unspecified atom stereocenters. The normalized spacial score (nSPS) is 9.91. The minimum Gasteiger partial charge on any atom is -0.383 e. The van der Waals surface area contributed by atoms with Crippen LogP contribution in [0.4, 0.5) is 5.82 Å². The van der Waals surface area contributed by atoms with E-state index in [1.54, 1.807) is 18.5 Å². The summed E-state index contributed by atoms with van der Waals surface area (Å²) in [6.45, 7) is 0. The van der Waals surface area contributed by atoms with Crippen LogP contribution in [-0.4, -0.2) is 16.2 Å². The van der Waals surface area contributed by atoms with E-state index in [2.05, 4.69) is 20.3 Å². The Morgan fingerprint density at radius 2 is 2.04 bits per heavy atom. The van der Waals surface area contributed by atoms with E-state index in [9.17, 15) is 5.26 Å². The molecule has 6 nitrogen and oxygen atoms in total. The Kier molecular flexibility index (Phi) is 5.94. The number of nitrogens with two attached hydrogens (primary N) is 1. The molecule has 0 aliphatic carbocycles. The summed E-state index contributed by atoms with van der Waals surface area (Å²) in [5, 5.41) is 19.1. The molecule has 0 saturated carbocycles. The Hall–Kier alpha value is -2.13. The van der Waals surface area contributed by atoms with Crippen molar-refractivity contribution in [2.45, 2.75) is 15.7 Å². The first-order valence-corrected chi connectivity index (χ1v) is 8.70. The van der Waals surface area contributed by atoms with Crippen LogP contribution in [0.25, 0.3) is 0 Å². The highest BCUT2D eigenvalue weighted by Gasteiger charge is 2.18. The van der Waals surface area contributed by atoms with Crippen LogP contribution in [-0.2, 0) is 5.75 Å². The van der Waals surface area contributed by atoms with Gasteiger partial charge in [0.05, 0.1) is 5.56 Å². The van der Waals surface area contributed by atoms with E-state index in [0.717, 1.165) is 5.56 Å². The van der Waals surface area contributed by atoms with Crippen molar-refractivity contribution in [2.24, 2.45) is 0 Å². The molecule has 2 rings (SSSR count). The predicted octanol–water partition coefficient (Wildman–Crippen LogP) is 3.35. The second kappa shape index (κ2) is 7.93. The van der Waals surface area contributed by atoms with Gasteiger partial charge in [0.15, 0.2) is 0 Å². The molecule has 0 atom stereocenters. The van der Waals surface area contributed by atoms with Crippen molar-refractivity contribution in [1.82, 2.24) is 9.97 Å². The Morgan fingerprint density at radius 1 is 1.30 bits per heavy atom. The summed E-state index contributed by atoms with van der Waals surface area (Å²) >= 11 is 7.87. The van der Waals surface area contributed by atoms with E-state index in [1.807, 2.05) is 12.1 Å². The number of hydrogen-bond donors (Lipinski definition) is 1. The van der Waals surface area contributed by atoms with Gasteiger partial charge in [-0.15, -0.1) is 23.5 Å². The van der Waals surface area contributed by atoms with Gasteiger partial charge in [0, 0.05) is 22.9 Å². The van der Waals surface area contributed by atoms with Crippen molar-refractivity contribution in [3.05, 3.63) is 35.0 Å². The molecule has 2 N–H and O–H groups in total. The lowest BCUT2D eigenvalue weighted by molar-refractivity contribution is 0.590. The SMILES string of the molecule is CSc1c(C#N)c(N)nc(SCc2ccc(OCl)nc2)c1C#N. The Balaban J connectivity index is 2.31. The van der Waals surface area contributed by atoms with Crippen LogP contribution in [0.5, 0.6) is 5.88 Å². The van der Waals surface area contributed by atoms with Gasteiger partial charge < -0.3 is 10.0 Å². The van der Waals surface area contributed by atoms with E-state index in [1.165, 1.54) is 23.5 Å². The molecule has 0 amide bonds. The molecular formula is C14H10ClN5OS2. The molecule has 0 spiro atoms. The van der Waals surface area contributed by atoms with Crippen LogP contribution in [0.15, 0.2) is 28.3 Å². The standard InChI is InChI=1S/C14H10ClN5OS2/c1-22-12-9(4-16)13(18)20-14(10(12)5-17)23-7-8-2-3-11(21-15)19-6-8/h2-3,6H,7H2,1H3,(H2,18,20). The number of hydrogen-bond acceptors (Lipinski definition) is 8. The van der Waals surface area contributed by atoms with E-state index in [-0.39, 0.29) is 11.4 Å². The van der Waals surface area contributed by atoms with Crippen LogP contribution >= 0.6 is 35.4 Å². The van der Waals surface area contributed by atoms with Gasteiger partial charge in [-0.1, -0.05) is 6.07 Å². The highest BCUT2D eigenvalue weighted by Crippen LogP contribution is 2.35. The van der Waals surface area contributed by atoms with Crippen molar-refractivity contribution in [3.8, 4) is 18.0 Å². The summed E-state index contributed by atoms with van der Waals surface area (Å²) in [5.74, 6) is 0.974. The molecule has 0 fully saturated rings. The second-order valence-electron chi connectivity index (χ2n) is 4.18. The van der Waals surface area contributed by atoms with Crippen molar-refractivity contribution in [1.29, 1.82) is 10.5 Å².